The first-order valence-electron chi connectivity index (χ1n) is 9.69. The summed E-state index contributed by atoms with van der Waals surface area (Å²) in [6, 6.07) is 12.3. The lowest BCUT2D eigenvalue weighted by atomic mass is 10.1. The van der Waals surface area contributed by atoms with Crippen LogP contribution >= 0.6 is 0 Å². The van der Waals surface area contributed by atoms with Gasteiger partial charge in [-0.1, -0.05) is 24.3 Å². The fourth-order valence-electron chi connectivity index (χ4n) is 3.71. The Bertz CT molecular complexity index is 978. The molecule has 4 amide bonds. The molecule has 8 heteroatoms. The van der Waals surface area contributed by atoms with Gasteiger partial charge in [-0.3, -0.25) is 24.1 Å². The third kappa shape index (κ3) is 3.80. The van der Waals surface area contributed by atoms with Crippen molar-refractivity contribution in [3.8, 4) is 0 Å². The number of carbonyl (C=O) groups excluding carboxylic acids is 4. The molecule has 2 heterocycles. The monoisotopic (exact) mass is 409 g/mol. The lowest BCUT2D eigenvalue weighted by molar-refractivity contribution is -0.139. The molecule has 0 radical (unpaired) electrons. The fraction of sp³-hybridized carbons (Fsp3) is 0.273. The van der Waals surface area contributed by atoms with Gasteiger partial charge in [0.25, 0.3) is 11.8 Å². The van der Waals surface area contributed by atoms with Gasteiger partial charge < -0.3 is 9.80 Å². The normalized spacial score (nSPS) is 16.1. The van der Waals surface area contributed by atoms with Crippen LogP contribution in [0.5, 0.6) is 0 Å². The van der Waals surface area contributed by atoms with E-state index in [1.807, 2.05) is 0 Å². The predicted molar refractivity (Wildman–Crippen MR) is 105 cm³/mol. The molecule has 0 saturated carbocycles. The molecule has 0 unspecified atom stereocenters. The number of piperazine rings is 1. The highest BCUT2D eigenvalue weighted by Gasteiger charge is 2.37. The van der Waals surface area contributed by atoms with Crippen molar-refractivity contribution in [2.45, 2.75) is 6.42 Å². The lowest BCUT2D eigenvalue weighted by Crippen LogP contribution is -2.53. The van der Waals surface area contributed by atoms with Gasteiger partial charge >= 0.3 is 0 Å². The number of halogens is 1. The molecule has 30 heavy (non-hydrogen) atoms. The van der Waals surface area contributed by atoms with Crippen LogP contribution in [0.4, 0.5) is 4.39 Å². The quantitative estimate of drug-likeness (QED) is 0.714. The molecule has 2 aromatic rings. The van der Waals surface area contributed by atoms with Crippen molar-refractivity contribution in [3.63, 3.8) is 0 Å². The van der Waals surface area contributed by atoms with Crippen LogP contribution < -0.4 is 0 Å². The number of amides is 4. The zero-order chi connectivity index (χ0) is 21.3. The van der Waals surface area contributed by atoms with Gasteiger partial charge in [0, 0.05) is 26.2 Å². The molecule has 1 saturated heterocycles. The summed E-state index contributed by atoms with van der Waals surface area (Å²) in [4.78, 5) is 54.1. The van der Waals surface area contributed by atoms with E-state index in [2.05, 4.69) is 0 Å². The maximum Gasteiger partial charge on any atom is 0.262 e. The van der Waals surface area contributed by atoms with E-state index in [1.54, 1.807) is 46.2 Å². The van der Waals surface area contributed by atoms with Crippen LogP contribution in [0.1, 0.15) is 26.3 Å². The number of rotatable bonds is 4. The van der Waals surface area contributed by atoms with Gasteiger partial charge in [0.2, 0.25) is 11.8 Å². The number of fused-ring (bicyclic) bond motifs is 1. The largest absolute Gasteiger partial charge is 0.339 e. The number of nitrogens with zero attached hydrogens (tertiary/aromatic N) is 3. The molecule has 7 nitrogen and oxygen atoms in total. The first-order valence-corrected chi connectivity index (χ1v) is 9.69. The minimum absolute atomic E-state index is 0.0888. The van der Waals surface area contributed by atoms with E-state index in [0.29, 0.717) is 37.3 Å². The third-order valence-electron chi connectivity index (χ3n) is 5.43. The fourth-order valence-corrected chi connectivity index (χ4v) is 3.71. The molecule has 1 fully saturated rings. The summed E-state index contributed by atoms with van der Waals surface area (Å²) in [6.07, 6.45) is 0.170. The number of hydrogen-bond acceptors (Lipinski definition) is 4. The predicted octanol–water partition coefficient (Wildman–Crippen LogP) is 1.34. The molecule has 154 valence electrons. The van der Waals surface area contributed by atoms with E-state index in [0.717, 1.165) is 10.5 Å². The van der Waals surface area contributed by atoms with E-state index in [4.69, 9.17) is 0 Å². The molecule has 0 N–H and O–H groups in total. The Labute approximate surface area is 172 Å². The second-order valence-electron chi connectivity index (χ2n) is 7.31. The summed E-state index contributed by atoms with van der Waals surface area (Å²) in [5, 5.41) is 0. The van der Waals surface area contributed by atoms with Crippen LogP contribution in [-0.4, -0.2) is 71.1 Å². The molecular weight excluding hydrogens is 389 g/mol. The Morgan fingerprint density at radius 3 is 1.80 bits per heavy atom. The smallest absolute Gasteiger partial charge is 0.262 e. The van der Waals surface area contributed by atoms with Crippen LogP contribution in [0.2, 0.25) is 0 Å². The highest BCUT2D eigenvalue weighted by atomic mass is 19.1. The Kier molecular flexibility index (Phi) is 5.31. The third-order valence-corrected chi connectivity index (χ3v) is 5.43. The Balaban J connectivity index is 1.30. The van der Waals surface area contributed by atoms with Crippen LogP contribution in [0, 0.1) is 5.82 Å². The molecule has 0 bridgehead atoms. The van der Waals surface area contributed by atoms with E-state index >= 15 is 0 Å². The maximum absolute atomic E-state index is 13.0. The van der Waals surface area contributed by atoms with Crippen molar-refractivity contribution in [3.05, 3.63) is 71.0 Å². The zero-order valence-electron chi connectivity index (χ0n) is 16.2. The van der Waals surface area contributed by atoms with Crippen molar-refractivity contribution in [1.29, 1.82) is 0 Å². The molecule has 2 aliphatic heterocycles. The van der Waals surface area contributed by atoms with E-state index < -0.39 is 11.8 Å². The van der Waals surface area contributed by atoms with Gasteiger partial charge in [-0.25, -0.2) is 4.39 Å². The standard InChI is InChI=1S/C22H20FN3O4/c23-16-7-5-15(6-8-16)13-19(27)24-9-11-25(12-10-24)20(28)14-26-21(29)17-3-1-2-4-18(17)22(26)30/h1-8H,9-14H2. The molecule has 2 aromatic carbocycles. The molecule has 4 rings (SSSR count). The number of benzene rings is 2. The van der Waals surface area contributed by atoms with Gasteiger partial charge in [-0.05, 0) is 29.8 Å². The Hall–Kier alpha value is -3.55. The summed E-state index contributed by atoms with van der Waals surface area (Å²) in [7, 11) is 0. The number of carbonyl (C=O) groups is 4. The summed E-state index contributed by atoms with van der Waals surface area (Å²) in [5.41, 5.74) is 1.35. The van der Waals surface area contributed by atoms with Crippen molar-refractivity contribution in [2.24, 2.45) is 0 Å². The molecule has 0 atom stereocenters. The van der Waals surface area contributed by atoms with Crippen LogP contribution in [-0.2, 0) is 16.0 Å². The van der Waals surface area contributed by atoms with E-state index in [9.17, 15) is 23.6 Å². The van der Waals surface area contributed by atoms with Crippen molar-refractivity contribution < 1.29 is 23.6 Å². The van der Waals surface area contributed by atoms with Crippen molar-refractivity contribution in [2.75, 3.05) is 32.7 Å². The second-order valence-corrected chi connectivity index (χ2v) is 7.31. The van der Waals surface area contributed by atoms with Crippen LogP contribution in [0.25, 0.3) is 0 Å². The average molecular weight is 409 g/mol. The van der Waals surface area contributed by atoms with Crippen LogP contribution in [0.15, 0.2) is 48.5 Å². The molecule has 0 aromatic heterocycles. The van der Waals surface area contributed by atoms with Crippen molar-refractivity contribution >= 4 is 23.6 Å². The first kappa shape index (κ1) is 19.8. The van der Waals surface area contributed by atoms with Gasteiger partial charge in [0.1, 0.15) is 12.4 Å². The van der Waals surface area contributed by atoms with Gasteiger partial charge in [0.05, 0.1) is 17.5 Å². The number of hydrogen-bond donors (Lipinski definition) is 0. The minimum atomic E-state index is -0.461. The number of imide groups is 1. The Morgan fingerprint density at radius 1 is 0.767 bits per heavy atom. The summed E-state index contributed by atoms with van der Waals surface area (Å²) in [6.45, 7) is 1.09. The molecular formula is C22H20FN3O4. The maximum atomic E-state index is 13.0. The molecule has 0 aliphatic carbocycles. The van der Waals surface area contributed by atoms with E-state index in [1.165, 1.54) is 12.1 Å². The SMILES string of the molecule is O=C(Cc1ccc(F)cc1)N1CCN(C(=O)CN2C(=O)c3ccccc3C2=O)CC1. The minimum Gasteiger partial charge on any atom is -0.339 e. The highest BCUT2D eigenvalue weighted by molar-refractivity contribution is 6.22. The van der Waals surface area contributed by atoms with Crippen molar-refractivity contribution in [1.82, 2.24) is 14.7 Å². The molecule has 0 spiro atoms. The molecule has 2 aliphatic rings. The zero-order valence-corrected chi connectivity index (χ0v) is 16.2. The lowest BCUT2D eigenvalue weighted by Gasteiger charge is -2.35. The second kappa shape index (κ2) is 8.06. The van der Waals surface area contributed by atoms with E-state index in [-0.39, 0.29) is 30.6 Å². The average Bonchev–Trinajstić information content (AvgIpc) is 3.00. The van der Waals surface area contributed by atoms with Crippen LogP contribution in [0.3, 0.4) is 0 Å². The van der Waals surface area contributed by atoms with Gasteiger partial charge in [-0.15, -0.1) is 0 Å². The summed E-state index contributed by atoms with van der Waals surface area (Å²) >= 11 is 0. The summed E-state index contributed by atoms with van der Waals surface area (Å²) in [5.74, 6) is -1.69. The summed E-state index contributed by atoms with van der Waals surface area (Å²) < 4.78 is 13.0. The van der Waals surface area contributed by atoms with Gasteiger partial charge in [-0.2, -0.15) is 0 Å². The highest BCUT2D eigenvalue weighted by Crippen LogP contribution is 2.22. The first-order chi connectivity index (χ1) is 14.4. The van der Waals surface area contributed by atoms with Gasteiger partial charge in [0.15, 0.2) is 0 Å². The Morgan fingerprint density at radius 2 is 1.27 bits per heavy atom. The topological polar surface area (TPSA) is 78.0 Å².